The lowest BCUT2D eigenvalue weighted by Crippen LogP contribution is -2.40. The van der Waals surface area contributed by atoms with Crippen molar-refractivity contribution in [3.8, 4) is 0 Å². The summed E-state index contributed by atoms with van der Waals surface area (Å²) in [6.45, 7) is 0.221. The highest BCUT2D eigenvalue weighted by atomic mass is 79.9. The van der Waals surface area contributed by atoms with E-state index in [1.807, 2.05) is 0 Å². The van der Waals surface area contributed by atoms with E-state index < -0.39 is 29.7 Å². The fourth-order valence-electron chi connectivity index (χ4n) is 2.29. The lowest BCUT2D eigenvalue weighted by molar-refractivity contribution is -0.141. The van der Waals surface area contributed by atoms with Gasteiger partial charge in [0, 0.05) is 11.0 Å². The van der Waals surface area contributed by atoms with Gasteiger partial charge in [-0.1, -0.05) is 0 Å². The molecule has 1 aliphatic heterocycles. The van der Waals surface area contributed by atoms with E-state index in [-0.39, 0.29) is 16.6 Å². The van der Waals surface area contributed by atoms with Gasteiger partial charge >= 0.3 is 12.1 Å². The van der Waals surface area contributed by atoms with Gasteiger partial charge in [-0.15, -0.1) is 0 Å². The number of likely N-dealkylation sites (tertiary alicyclic amines) is 1. The third-order valence-corrected chi connectivity index (χ3v) is 4.01. The SMILES string of the molecule is O=C(O)[C@@H]1CCCN1C(=O)c1cc(C(F)(F)F)ccc1Br. The Balaban J connectivity index is 2.37. The molecule has 1 fully saturated rings. The first-order valence-electron chi connectivity index (χ1n) is 6.12. The number of alkyl halides is 3. The minimum atomic E-state index is -4.56. The van der Waals surface area contributed by atoms with Gasteiger partial charge in [-0.2, -0.15) is 13.2 Å². The quantitative estimate of drug-likeness (QED) is 0.875. The molecular formula is C13H11BrF3NO3. The lowest BCUT2D eigenvalue weighted by atomic mass is 10.1. The fraction of sp³-hybridized carbons (Fsp3) is 0.385. The van der Waals surface area contributed by atoms with Crippen molar-refractivity contribution in [3.05, 3.63) is 33.8 Å². The van der Waals surface area contributed by atoms with Crippen molar-refractivity contribution < 1.29 is 27.9 Å². The number of hydrogen-bond donors (Lipinski definition) is 1. The van der Waals surface area contributed by atoms with Crippen LogP contribution in [0.3, 0.4) is 0 Å². The van der Waals surface area contributed by atoms with Crippen molar-refractivity contribution in [2.75, 3.05) is 6.54 Å². The fourth-order valence-corrected chi connectivity index (χ4v) is 2.70. The molecule has 0 saturated carbocycles. The van der Waals surface area contributed by atoms with Crippen molar-refractivity contribution in [1.29, 1.82) is 0 Å². The van der Waals surface area contributed by atoms with Crippen LogP contribution in [0.1, 0.15) is 28.8 Å². The molecule has 1 heterocycles. The van der Waals surface area contributed by atoms with Gasteiger partial charge in [0.15, 0.2) is 0 Å². The Hall–Kier alpha value is -1.57. The van der Waals surface area contributed by atoms with Crippen LogP contribution in [0.25, 0.3) is 0 Å². The van der Waals surface area contributed by atoms with Gasteiger partial charge < -0.3 is 10.0 Å². The van der Waals surface area contributed by atoms with Gasteiger partial charge in [0.1, 0.15) is 6.04 Å². The standard InChI is InChI=1S/C13H11BrF3NO3/c14-9-4-3-7(13(15,16)17)6-8(9)11(19)18-5-1-2-10(18)12(20)21/h3-4,6,10H,1-2,5H2,(H,20,21)/t10-/m0/s1. The summed E-state index contributed by atoms with van der Waals surface area (Å²) < 4.78 is 38.3. The lowest BCUT2D eigenvalue weighted by Gasteiger charge is -2.22. The number of carbonyl (C=O) groups excluding carboxylic acids is 1. The van der Waals surface area contributed by atoms with Crippen molar-refractivity contribution in [2.24, 2.45) is 0 Å². The number of halogens is 4. The maximum Gasteiger partial charge on any atom is 0.416 e. The van der Waals surface area contributed by atoms with Crippen molar-refractivity contribution >= 4 is 27.8 Å². The monoisotopic (exact) mass is 365 g/mol. The molecule has 0 unspecified atom stereocenters. The summed E-state index contributed by atoms with van der Waals surface area (Å²) in [6.07, 6.45) is -3.75. The minimum Gasteiger partial charge on any atom is -0.480 e. The van der Waals surface area contributed by atoms with Crippen molar-refractivity contribution in [2.45, 2.75) is 25.1 Å². The summed E-state index contributed by atoms with van der Waals surface area (Å²) in [5, 5.41) is 9.05. The summed E-state index contributed by atoms with van der Waals surface area (Å²) in [4.78, 5) is 24.5. The summed E-state index contributed by atoms with van der Waals surface area (Å²) >= 11 is 3.04. The number of aliphatic carboxylic acids is 1. The Morgan fingerprint density at radius 1 is 1.33 bits per heavy atom. The molecule has 1 amide bonds. The average molecular weight is 366 g/mol. The van der Waals surface area contributed by atoms with Crippen LogP contribution in [0.15, 0.2) is 22.7 Å². The molecule has 1 N–H and O–H groups in total. The minimum absolute atomic E-state index is 0.182. The van der Waals surface area contributed by atoms with Crippen molar-refractivity contribution in [1.82, 2.24) is 4.90 Å². The number of nitrogens with zero attached hydrogens (tertiary/aromatic N) is 1. The molecular weight excluding hydrogens is 355 g/mol. The molecule has 114 valence electrons. The number of carboxylic acid groups (broad SMARTS) is 1. The molecule has 1 aliphatic rings. The molecule has 4 nitrogen and oxygen atoms in total. The van der Waals surface area contributed by atoms with Gasteiger partial charge in [0.2, 0.25) is 0 Å². The molecule has 1 aromatic rings. The van der Waals surface area contributed by atoms with Crippen LogP contribution in [0.2, 0.25) is 0 Å². The Morgan fingerprint density at radius 3 is 2.57 bits per heavy atom. The van der Waals surface area contributed by atoms with Gasteiger partial charge in [0.25, 0.3) is 5.91 Å². The molecule has 0 radical (unpaired) electrons. The molecule has 0 aromatic heterocycles. The second-order valence-electron chi connectivity index (χ2n) is 4.69. The van der Waals surface area contributed by atoms with Crippen LogP contribution in [-0.4, -0.2) is 34.5 Å². The Labute approximate surface area is 126 Å². The number of carboxylic acids is 1. The van der Waals surface area contributed by atoms with E-state index in [0.29, 0.717) is 12.8 Å². The highest BCUT2D eigenvalue weighted by Crippen LogP contribution is 2.33. The van der Waals surface area contributed by atoms with Gasteiger partial charge in [-0.25, -0.2) is 4.79 Å². The summed E-state index contributed by atoms with van der Waals surface area (Å²) in [6, 6.07) is 1.75. The normalized spacial score (nSPS) is 18.9. The molecule has 0 bridgehead atoms. The Bertz CT molecular complexity index is 589. The second-order valence-corrected chi connectivity index (χ2v) is 5.54. The van der Waals surface area contributed by atoms with Crippen molar-refractivity contribution in [3.63, 3.8) is 0 Å². The summed E-state index contributed by atoms with van der Waals surface area (Å²) in [5.41, 5.74) is -1.13. The number of benzene rings is 1. The highest BCUT2D eigenvalue weighted by Gasteiger charge is 2.37. The van der Waals surface area contributed by atoms with Crippen LogP contribution >= 0.6 is 15.9 Å². The van der Waals surface area contributed by atoms with Crippen LogP contribution in [-0.2, 0) is 11.0 Å². The molecule has 1 atom stereocenters. The third kappa shape index (κ3) is 3.20. The third-order valence-electron chi connectivity index (χ3n) is 3.32. The van der Waals surface area contributed by atoms with E-state index in [2.05, 4.69) is 15.9 Å². The zero-order chi connectivity index (χ0) is 15.8. The molecule has 1 saturated heterocycles. The van der Waals surface area contributed by atoms with Gasteiger partial charge in [-0.3, -0.25) is 4.79 Å². The second kappa shape index (κ2) is 5.67. The van der Waals surface area contributed by atoms with E-state index in [1.54, 1.807) is 0 Å². The molecule has 8 heteroatoms. The molecule has 1 aromatic carbocycles. The van der Waals surface area contributed by atoms with Crippen LogP contribution in [0, 0.1) is 0 Å². The molecule has 2 rings (SSSR count). The van der Waals surface area contributed by atoms with Gasteiger partial charge in [0.05, 0.1) is 11.1 Å². The maximum absolute atomic E-state index is 12.7. The smallest absolute Gasteiger partial charge is 0.416 e. The highest BCUT2D eigenvalue weighted by molar-refractivity contribution is 9.10. The topological polar surface area (TPSA) is 57.6 Å². The first-order chi connectivity index (χ1) is 9.71. The number of amides is 1. The Kier molecular flexibility index (Phi) is 4.27. The molecule has 21 heavy (non-hydrogen) atoms. The van der Waals surface area contributed by atoms with E-state index in [0.717, 1.165) is 23.1 Å². The van der Waals surface area contributed by atoms with E-state index >= 15 is 0 Å². The van der Waals surface area contributed by atoms with Crippen LogP contribution in [0.5, 0.6) is 0 Å². The van der Waals surface area contributed by atoms with Crippen LogP contribution in [0.4, 0.5) is 13.2 Å². The summed E-state index contributed by atoms with van der Waals surface area (Å²) in [7, 11) is 0. The largest absolute Gasteiger partial charge is 0.480 e. The predicted molar refractivity (Wildman–Crippen MR) is 70.8 cm³/mol. The van der Waals surface area contributed by atoms with E-state index in [9.17, 15) is 22.8 Å². The van der Waals surface area contributed by atoms with Crippen LogP contribution < -0.4 is 0 Å². The number of hydrogen-bond acceptors (Lipinski definition) is 2. The Morgan fingerprint density at radius 2 is 2.00 bits per heavy atom. The summed E-state index contributed by atoms with van der Waals surface area (Å²) in [5.74, 6) is -1.86. The molecule has 0 aliphatic carbocycles. The van der Waals surface area contributed by atoms with E-state index in [4.69, 9.17) is 5.11 Å². The average Bonchev–Trinajstić information content (AvgIpc) is 2.86. The van der Waals surface area contributed by atoms with E-state index in [1.165, 1.54) is 0 Å². The number of rotatable bonds is 2. The number of carbonyl (C=O) groups is 2. The first-order valence-corrected chi connectivity index (χ1v) is 6.91. The van der Waals surface area contributed by atoms with Gasteiger partial charge in [-0.05, 0) is 47.0 Å². The predicted octanol–water partition coefficient (Wildman–Crippen LogP) is 3.16. The zero-order valence-electron chi connectivity index (χ0n) is 10.7. The molecule has 0 spiro atoms. The maximum atomic E-state index is 12.7. The zero-order valence-corrected chi connectivity index (χ0v) is 12.2. The first kappa shape index (κ1) is 15.8.